The van der Waals surface area contributed by atoms with Crippen LogP contribution in [0.2, 0.25) is 0 Å². The molecule has 6 nitrogen and oxygen atoms in total. The van der Waals surface area contributed by atoms with Crippen LogP contribution in [-0.4, -0.2) is 46.9 Å². The monoisotopic (exact) mass is 932 g/mol. The number of ether oxygens (including phenoxy) is 1. The average Bonchev–Trinajstić information content (AvgIpc) is 3.31. The number of aliphatic hydroxyl groups excluding tert-OH is 2. The lowest BCUT2D eigenvalue weighted by Crippen LogP contribution is -2.46. The average molecular weight is 933 g/mol. The lowest BCUT2D eigenvalue weighted by Gasteiger charge is -2.24. The number of rotatable bonds is 55. The molecule has 0 rings (SSSR count). The standard InChI is InChI=1S/C60H117NO5/c1-4-7-10-13-16-19-22-25-28-29-32-35-38-41-44-47-50-53-60(65)66-56(51-48-45-42-39-36-33-30-26-23-20-17-14-11-8-5-2)54-59(64)61-57(55-62)58(63)52-49-46-43-40-37-34-31-27-24-21-18-15-12-9-6-3/h26,30,56-58,62-63H,4-25,27-29,31-55H2,1-3H3,(H,61,64)/b30-26+. The van der Waals surface area contributed by atoms with Crippen molar-refractivity contribution in [2.24, 2.45) is 0 Å². The first kappa shape index (κ1) is 64.6. The highest BCUT2D eigenvalue weighted by molar-refractivity contribution is 5.77. The topological polar surface area (TPSA) is 95.9 Å². The van der Waals surface area contributed by atoms with Gasteiger partial charge in [0.15, 0.2) is 0 Å². The fourth-order valence-electron chi connectivity index (χ4n) is 9.55. The molecule has 0 aromatic rings. The van der Waals surface area contributed by atoms with E-state index < -0.39 is 18.2 Å². The number of unbranched alkanes of at least 4 members (excludes halogenated alkanes) is 41. The first-order valence-electron chi connectivity index (χ1n) is 29.9. The smallest absolute Gasteiger partial charge is 0.306 e. The number of allylic oxidation sites excluding steroid dienone is 2. The Morgan fingerprint density at radius 3 is 1.08 bits per heavy atom. The third-order valence-electron chi connectivity index (χ3n) is 14.1. The molecule has 0 heterocycles. The number of hydrogen-bond acceptors (Lipinski definition) is 5. The second-order valence-electron chi connectivity index (χ2n) is 20.8. The summed E-state index contributed by atoms with van der Waals surface area (Å²) in [5.74, 6) is -0.457. The number of hydrogen-bond donors (Lipinski definition) is 3. The summed E-state index contributed by atoms with van der Waals surface area (Å²) in [7, 11) is 0. The first-order chi connectivity index (χ1) is 32.5. The van der Waals surface area contributed by atoms with Crippen molar-refractivity contribution in [1.82, 2.24) is 5.32 Å². The van der Waals surface area contributed by atoms with Crippen LogP contribution >= 0.6 is 0 Å². The van der Waals surface area contributed by atoms with Crippen LogP contribution in [0.4, 0.5) is 0 Å². The fourth-order valence-corrected chi connectivity index (χ4v) is 9.55. The number of amides is 1. The van der Waals surface area contributed by atoms with Crippen molar-refractivity contribution >= 4 is 11.9 Å². The molecule has 0 radical (unpaired) electrons. The van der Waals surface area contributed by atoms with Gasteiger partial charge in [0.25, 0.3) is 0 Å². The molecule has 0 aliphatic rings. The van der Waals surface area contributed by atoms with E-state index in [-0.39, 0.29) is 24.9 Å². The molecule has 0 saturated carbocycles. The molecular formula is C60H117NO5. The Balaban J connectivity index is 4.50. The van der Waals surface area contributed by atoms with E-state index in [1.165, 1.54) is 231 Å². The summed E-state index contributed by atoms with van der Waals surface area (Å²) in [5.41, 5.74) is 0. The van der Waals surface area contributed by atoms with Gasteiger partial charge in [0.05, 0.1) is 25.2 Å². The molecule has 392 valence electrons. The summed E-state index contributed by atoms with van der Waals surface area (Å²) in [6.07, 6.45) is 62.8. The van der Waals surface area contributed by atoms with E-state index in [9.17, 15) is 19.8 Å². The molecule has 0 fully saturated rings. The molecule has 0 aromatic carbocycles. The van der Waals surface area contributed by atoms with Crippen molar-refractivity contribution in [2.45, 2.75) is 354 Å². The predicted octanol–water partition coefficient (Wildman–Crippen LogP) is 18.5. The second kappa shape index (κ2) is 54.5. The molecule has 0 saturated heterocycles. The molecule has 0 aliphatic heterocycles. The summed E-state index contributed by atoms with van der Waals surface area (Å²) in [6.45, 7) is 6.53. The quantitative estimate of drug-likeness (QED) is 0.0321. The summed E-state index contributed by atoms with van der Waals surface area (Å²) in [4.78, 5) is 26.3. The Hall–Kier alpha value is -1.40. The van der Waals surface area contributed by atoms with Crippen LogP contribution in [-0.2, 0) is 14.3 Å². The Morgan fingerprint density at radius 1 is 0.424 bits per heavy atom. The third kappa shape index (κ3) is 49.0. The van der Waals surface area contributed by atoms with E-state index >= 15 is 0 Å². The van der Waals surface area contributed by atoms with E-state index in [0.717, 1.165) is 57.8 Å². The minimum atomic E-state index is -0.785. The maximum Gasteiger partial charge on any atom is 0.306 e. The van der Waals surface area contributed by atoms with Crippen molar-refractivity contribution < 1.29 is 24.5 Å². The van der Waals surface area contributed by atoms with Crippen molar-refractivity contribution in [3.05, 3.63) is 12.2 Å². The van der Waals surface area contributed by atoms with E-state index in [2.05, 4.69) is 38.2 Å². The number of aliphatic hydroxyl groups is 2. The zero-order valence-electron chi connectivity index (χ0n) is 44.9. The normalized spacial score (nSPS) is 13.1. The molecule has 3 N–H and O–H groups in total. The largest absolute Gasteiger partial charge is 0.462 e. The predicted molar refractivity (Wildman–Crippen MR) is 287 cm³/mol. The summed E-state index contributed by atoms with van der Waals surface area (Å²) < 4.78 is 5.97. The Bertz CT molecular complexity index is 1000. The van der Waals surface area contributed by atoms with Gasteiger partial charge in [-0.25, -0.2) is 0 Å². The SMILES string of the molecule is CCCCCCCC/C=C/CCCCCCCC(CC(=O)NC(CO)C(O)CCCCCCCCCCCCCCCCC)OC(=O)CCCCCCCCCCCCCCCCCCC. The first-order valence-corrected chi connectivity index (χ1v) is 29.9. The van der Waals surface area contributed by atoms with Crippen LogP contribution in [0.5, 0.6) is 0 Å². The van der Waals surface area contributed by atoms with Crippen LogP contribution in [0.3, 0.4) is 0 Å². The summed E-state index contributed by atoms with van der Waals surface area (Å²) >= 11 is 0. The Morgan fingerprint density at radius 2 is 0.727 bits per heavy atom. The highest BCUT2D eigenvalue weighted by atomic mass is 16.5. The summed E-state index contributed by atoms with van der Waals surface area (Å²) in [6, 6.07) is -0.699. The maximum absolute atomic E-state index is 13.3. The number of nitrogens with one attached hydrogen (secondary N) is 1. The van der Waals surface area contributed by atoms with E-state index in [1.54, 1.807) is 0 Å². The number of carbonyl (C=O) groups excluding carboxylic acids is 2. The van der Waals surface area contributed by atoms with Gasteiger partial charge in [0.1, 0.15) is 6.10 Å². The molecule has 3 atom stereocenters. The third-order valence-corrected chi connectivity index (χ3v) is 14.1. The highest BCUT2D eigenvalue weighted by Crippen LogP contribution is 2.19. The van der Waals surface area contributed by atoms with Crippen LogP contribution in [0.15, 0.2) is 12.2 Å². The van der Waals surface area contributed by atoms with Gasteiger partial charge in [-0.05, 0) is 51.4 Å². The zero-order chi connectivity index (χ0) is 48.1. The van der Waals surface area contributed by atoms with Crippen molar-refractivity contribution in [2.75, 3.05) is 6.61 Å². The number of esters is 1. The number of carbonyl (C=O) groups is 2. The molecule has 6 heteroatoms. The Labute approximate surface area is 412 Å². The van der Waals surface area contributed by atoms with Gasteiger partial charge in [-0.2, -0.15) is 0 Å². The van der Waals surface area contributed by atoms with Crippen LogP contribution in [0, 0.1) is 0 Å². The van der Waals surface area contributed by atoms with E-state index in [0.29, 0.717) is 19.3 Å². The minimum absolute atomic E-state index is 0.0797. The van der Waals surface area contributed by atoms with Gasteiger partial charge < -0.3 is 20.3 Å². The molecule has 0 aromatic heterocycles. The fraction of sp³-hybridized carbons (Fsp3) is 0.933. The zero-order valence-corrected chi connectivity index (χ0v) is 44.9. The van der Waals surface area contributed by atoms with Gasteiger partial charge in [-0.15, -0.1) is 0 Å². The Kier molecular flexibility index (Phi) is 53.4. The van der Waals surface area contributed by atoms with E-state index in [1.807, 2.05) is 0 Å². The van der Waals surface area contributed by atoms with Crippen LogP contribution in [0.25, 0.3) is 0 Å². The summed E-state index contributed by atoms with van der Waals surface area (Å²) in [5, 5.41) is 23.9. The second-order valence-corrected chi connectivity index (χ2v) is 20.8. The van der Waals surface area contributed by atoms with Gasteiger partial charge in [-0.3, -0.25) is 9.59 Å². The van der Waals surface area contributed by atoms with Gasteiger partial charge in [0.2, 0.25) is 5.91 Å². The molecule has 3 unspecified atom stereocenters. The lowest BCUT2D eigenvalue weighted by atomic mass is 10.0. The van der Waals surface area contributed by atoms with Gasteiger partial charge in [0, 0.05) is 6.42 Å². The molecular weight excluding hydrogens is 815 g/mol. The minimum Gasteiger partial charge on any atom is -0.462 e. The molecule has 0 aliphatic carbocycles. The van der Waals surface area contributed by atoms with Crippen LogP contribution < -0.4 is 5.32 Å². The van der Waals surface area contributed by atoms with Crippen molar-refractivity contribution in [3.8, 4) is 0 Å². The van der Waals surface area contributed by atoms with Crippen molar-refractivity contribution in [1.29, 1.82) is 0 Å². The van der Waals surface area contributed by atoms with Crippen LogP contribution in [0.1, 0.15) is 335 Å². The lowest BCUT2D eigenvalue weighted by molar-refractivity contribution is -0.151. The molecule has 66 heavy (non-hydrogen) atoms. The highest BCUT2D eigenvalue weighted by Gasteiger charge is 2.24. The molecule has 0 spiro atoms. The molecule has 1 amide bonds. The van der Waals surface area contributed by atoms with Gasteiger partial charge in [-0.1, -0.05) is 283 Å². The van der Waals surface area contributed by atoms with E-state index in [4.69, 9.17) is 4.74 Å². The molecule has 0 bridgehead atoms. The van der Waals surface area contributed by atoms with Crippen molar-refractivity contribution in [3.63, 3.8) is 0 Å². The van der Waals surface area contributed by atoms with Gasteiger partial charge >= 0.3 is 5.97 Å². The maximum atomic E-state index is 13.3.